The Labute approximate surface area is 436 Å². The maximum absolute atomic E-state index is 13.9. The third-order valence-electron chi connectivity index (χ3n) is 10.2. The van der Waals surface area contributed by atoms with E-state index in [2.05, 4.69) is 56.9 Å². The van der Waals surface area contributed by atoms with Crippen molar-refractivity contribution >= 4 is 83.1 Å². The minimum absolute atomic E-state index is 0.000760. The van der Waals surface area contributed by atoms with Gasteiger partial charge in [-0.15, -0.1) is 0 Å². The van der Waals surface area contributed by atoms with Gasteiger partial charge in [0.2, 0.25) is 41.4 Å². The van der Waals surface area contributed by atoms with Crippen molar-refractivity contribution in [3.05, 3.63) is 0 Å². The van der Waals surface area contributed by atoms with Crippen LogP contribution in [0, 0.1) is 0 Å². The van der Waals surface area contributed by atoms with Crippen LogP contribution in [-0.4, -0.2) is 198 Å². The van der Waals surface area contributed by atoms with Gasteiger partial charge >= 0.3 is 11.9 Å². The van der Waals surface area contributed by atoms with Crippen molar-refractivity contribution in [3.63, 3.8) is 0 Å². The smallest absolute Gasteiger partial charge is 0.326 e. The van der Waals surface area contributed by atoms with E-state index in [1.54, 1.807) is 0 Å². The summed E-state index contributed by atoms with van der Waals surface area (Å²) in [5, 5.41) is 55.4. The lowest BCUT2D eigenvalue weighted by atomic mass is 10.1. The Hall–Kier alpha value is -8.54. The summed E-state index contributed by atoms with van der Waals surface area (Å²) < 4.78 is 0. The van der Waals surface area contributed by atoms with Crippen molar-refractivity contribution < 1.29 is 63.6 Å². The first-order valence-electron chi connectivity index (χ1n) is 23.5. The highest BCUT2D eigenvalue weighted by atomic mass is 16.4. The molecule has 0 spiro atoms. The number of nitrogens with one attached hydrogen (secondary N) is 7. The van der Waals surface area contributed by atoms with Crippen molar-refractivity contribution in [1.29, 1.82) is 0 Å². The number of carboxylic acid groups (broad SMARTS) is 2. The van der Waals surface area contributed by atoms with E-state index in [9.17, 15) is 58.5 Å². The maximum atomic E-state index is 13.9. The summed E-state index contributed by atoms with van der Waals surface area (Å²) in [6.07, 6.45) is -1.22. The molecule has 0 saturated heterocycles. The molecule has 0 rings (SSSR count). The largest absolute Gasteiger partial charge is 0.481 e. The lowest BCUT2D eigenvalue weighted by Gasteiger charge is -2.27. The van der Waals surface area contributed by atoms with Gasteiger partial charge in [0, 0.05) is 32.7 Å². The third-order valence-corrected chi connectivity index (χ3v) is 10.2. The first kappa shape index (κ1) is 67.5. The molecule has 76 heavy (non-hydrogen) atoms. The molecule has 0 unspecified atom stereocenters. The lowest BCUT2D eigenvalue weighted by molar-refractivity contribution is -0.147. The van der Waals surface area contributed by atoms with Crippen LogP contribution in [0.25, 0.3) is 0 Å². The molecule has 0 aromatic carbocycles. The second kappa shape index (κ2) is 37.2. The number of nitrogens with zero attached hydrogens (tertiary/aromatic N) is 5. The van der Waals surface area contributed by atoms with Gasteiger partial charge < -0.3 is 121 Å². The maximum Gasteiger partial charge on any atom is 0.326 e. The van der Waals surface area contributed by atoms with E-state index in [1.165, 1.54) is 0 Å². The average molecular weight is 1090 g/mol. The van der Waals surface area contributed by atoms with E-state index in [0.717, 1.165) is 0 Å². The molecule has 36 heteroatoms. The topological polar surface area (TPSA) is 667 Å². The van der Waals surface area contributed by atoms with E-state index in [-0.39, 0.29) is 120 Å². The highest BCUT2D eigenvalue weighted by molar-refractivity contribution is 5.98. The molecule has 7 amide bonds. The van der Waals surface area contributed by atoms with E-state index in [1.807, 2.05) is 5.32 Å². The number of aliphatic carboxylic acids is 2. The van der Waals surface area contributed by atoms with Gasteiger partial charge in [0.25, 0.3) is 0 Å². The van der Waals surface area contributed by atoms with Crippen LogP contribution in [0.3, 0.4) is 0 Å². The molecule has 0 aliphatic heterocycles. The number of rotatable bonds is 39. The predicted octanol–water partition coefficient (Wildman–Crippen LogP) is -11.5. The Morgan fingerprint density at radius 2 is 0.566 bits per heavy atom. The molecule has 36 nitrogen and oxygen atoms in total. The summed E-state index contributed by atoms with van der Waals surface area (Å²) >= 11 is 0. The Morgan fingerprint density at radius 3 is 0.803 bits per heavy atom. The van der Waals surface area contributed by atoms with Gasteiger partial charge in [-0.3, -0.25) is 63.3 Å². The summed E-state index contributed by atoms with van der Waals surface area (Å²) in [4.78, 5) is 137. The van der Waals surface area contributed by atoms with Gasteiger partial charge in [0.1, 0.15) is 42.3 Å². The van der Waals surface area contributed by atoms with E-state index < -0.39 is 121 Å². The minimum atomic E-state index is -1.93. The molecule has 0 heterocycles. The summed E-state index contributed by atoms with van der Waals surface area (Å²) in [6.45, 7) is -2.21. The number of carboxylic acids is 2. The molecule has 8 atom stereocenters. The van der Waals surface area contributed by atoms with Crippen molar-refractivity contribution in [3.8, 4) is 0 Å². The van der Waals surface area contributed by atoms with Crippen LogP contribution >= 0.6 is 0 Å². The van der Waals surface area contributed by atoms with Crippen LogP contribution < -0.4 is 100 Å². The van der Waals surface area contributed by atoms with Gasteiger partial charge in [-0.2, -0.15) is 0 Å². The second-order valence-electron chi connectivity index (χ2n) is 16.6. The summed E-state index contributed by atoms with van der Waals surface area (Å²) in [5.41, 5.74) is 60.0. The van der Waals surface area contributed by atoms with Gasteiger partial charge in [0.15, 0.2) is 29.8 Å². The zero-order chi connectivity index (χ0) is 57.9. The summed E-state index contributed by atoms with van der Waals surface area (Å²) in [6, 6.07) is -12.8. The van der Waals surface area contributed by atoms with Crippen LogP contribution in [-0.2, 0) is 43.2 Å². The lowest BCUT2D eigenvalue weighted by Crippen LogP contribution is -2.61. The van der Waals surface area contributed by atoms with Crippen LogP contribution in [0.1, 0.15) is 70.6 Å². The molecular weight excluding hydrogens is 1010 g/mol. The number of carbonyl (C=O) groups excluding carboxylic acids is 7. The number of aliphatic hydroxyl groups is 2. The van der Waals surface area contributed by atoms with Crippen LogP contribution in [0.5, 0.6) is 0 Å². The monoisotopic (exact) mass is 1090 g/mol. The molecule has 430 valence electrons. The number of guanidine groups is 5. The van der Waals surface area contributed by atoms with E-state index in [0.29, 0.717) is 6.42 Å². The van der Waals surface area contributed by atoms with E-state index in [4.69, 9.17) is 68.2 Å². The normalized spacial score (nSPS) is 13.8. The van der Waals surface area contributed by atoms with Crippen LogP contribution in [0.4, 0.5) is 0 Å². The van der Waals surface area contributed by atoms with E-state index >= 15 is 0 Å². The number of aliphatic imine (C=N–C) groups is 5. The Morgan fingerprint density at radius 1 is 0.342 bits per heavy atom. The molecule has 0 bridgehead atoms. The number of amides is 7. The van der Waals surface area contributed by atoms with Crippen LogP contribution in [0.2, 0.25) is 0 Å². The number of hydrogen-bond donors (Lipinski definition) is 22. The number of aliphatic hydroxyl groups excluding tert-OH is 2. The molecule has 0 radical (unpaired) electrons. The van der Waals surface area contributed by atoms with Gasteiger partial charge in [-0.1, -0.05) is 0 Å². The predicted molar refractivity (Wildman–Crippen MR) is 275 cm³/mol. The first-order chi connectivity index (χ1) is 35.7. The van der Waals surface area contributed by atoms with Crippen molar-refractivity contribution in [2.75, 3.05) is 45.9 Å². The van der Waals surface area contributed by atoms with Crippen molar-refractivity contribution in [1.82, 2.24) is 37.2 Å². The fraction of sp³-hybridized carbons (Fsp3) is 0.650. The Kier molecular flexibility index (Phi) is 33.0. The highest BCUT2D eigenvalue weighted by Crippen LogP contribution is 2.08. The number of hydrogen-bond acceptors (Lipinski definition) is 17. The Bertz CT molecular complexity index is 2070. The molecule has 0 aliphatic rings. The standard InChI is InChI=1S/C40H77N23O13/c41-19(6-1-11-52-36(42)43)28(68)57-20(7-2-12-53-37(44)45)29(69)58-22(9-4-14-55-39(48)49)31(71)62-26(18-65)34(74)60-23(10-5-15-56-40(50)51)32(72)63-25(17-64)33(73)59-21(8-3-13-54-38(46)47)30(70)61-24(35(75)76)16-27(66)67/h19-26,64-65H,1-18,41H2,(H,57,68)(H,58,69)(H,59,73)(H,60,74)(H,61,70)(H,62,71)(H,63,72)(H,66,67)(H,75,76)(H4,42,43,52)(H4,44,45,53)(H4,46,47,54)(H4,48,49,55)(H4,50,51,56)/t19-,20-,21-,22-,23-,24-,25-,26-/m0/s1. The Balaban J connectivity index is 6.69. The van der Waals surface area contributed by atoms with Crippen LogP contribution in [0.15, 0.2) is 25.0 Å². The van der Waals surface area contributed by atoms with Gasteiger partial charge in [-0.25, -0.2) is 4.79 Å². The van der Waals surface area contributed by atoms with Crippen molar-refractivity contribution in [2.45, 2.75) is 119 Å². The SMILES string of the molecule is NC(N)=NCCC[C@H](NC(=O)[C@H](CO)NC(=O)[C@H](CCCN=C(N)N)NC(=O)[C@H](CO)NC(=O)[C@H](CCCN=C(N)N)NC(=O)[C@H](CCCN=C(N)N)NC(=O)[C@@H](N)CCCN=C(N)N)C(=O)N[C@@H](CC(=O)O)C(=O)O. The fourth-order valence-corrected chi connectivity index (χ4v) is 6.42. The first-order valence-corrected chi connectivity index (χ1v) is 23.5. The zero-order valence-corrected chi connectivity index (χ0v) is 41.9. The molecule has 0 saturated carbocycles. The van der Waals surface area contributed by atoms with Gasteiger partial charge in [0.05, 0.1) is 25.7 Å². The number of carbonyl (C=O) groups is 9. The second-order valence-corrected chi connectivity index (χ2v) is 16.6. The zero-order valence-electron chi connectivity index (χ0n) is 41.9. The summed E-state index contributed by atoms with van der Waals surface area (Å²) in [5.74, 6) is -12.0. The fourth-order valence-electron chi connectivity index (χ4n) is 6.42. The summed E-state index contributed by atoms with van der Waals surface area (Å²) in [7, 11) is 0. The molecule has 33 N–H and O–H groups in total. The quantitative estimate of drug-likeness (QED) is 0.0154. The molecule has 0 aromatic heterocycles. The molecular formula is C40H77N23O13. The molecule has 0 fully saturated rings. The number of nitrogens with two attached hydrogens (primary N) is 11. The van der Waals surface area contributed by atoms with Crippen molar-refractivity contribution in [2.24, 2.45) is 88.0 Å². The minimum Gasteiger partial charge on any atom is -0.481 e. The van der Waals surface area contributed by atoms with Gasteiger partial charge in [-0.05, 0) is 64.2 Å². The molecule has 0 aromatic rings. The third kappa shape index (κ3) is 30.5. The molecule has 0 aliphatic carbocycles. The highest BCUT2D eigenvalue weighted by Gasteiger charge is 2.34. The average Bonchev–Trinajstić information content (AvgIpc) is 3.33.